The number of methoxy groups -OCH3 is 1. The van der Waals surface area contributed by atoms with Crippen LogP contribution in [0.15, 0.2) is 24.3 Å². The highest BCUT2D eigenvalue weighted by atomic mass is 32.2. The highest BCUT2D eigenvalue weighted by molar-refractivity contribution is 7.99. The molecule has 2 unspecified atom stereocenters. The van der Waals surface area contributed by atoms with Crippen LogP contribution in [-0.4, -0.2) is 48.6 Å². The molecule has 120 valence electrons. The van der Waals surface area contributed by atoms with Crippen LogP contribution in [-0.2, 0) is 4.79 Å². The van der Waals surface area contributed by atoms with E-state index in [1.54, 1.807) is 7.11 Å². The highest BCUT2D eigenvalue weighted by Gasteiger charge is 2.32. The first-order chi connectivity index (χ1) is 10.8. The second-order valence-electron chi connectivity index (χ2n) is 5.92. The molecule has 2 aliphatic rings. The van der Waals surface area contributed by atoms with Gasteiger partial charge < -0.3 is 15.0 Å². The van der Waals surface area contributed by atoms with Crippen LogP contribution in [0.2, 0.25) is 0 Å². The van der Waals surface area contributed by atoms with E-state index in [0.717, 1.165) is 48.7 Å². The number of nitrogens with zero attached hydrogens (tertiary/aromatic N) is 1. The van der Waals surface area contributed by atoms with E-state index in [0.29, 0.717) is 12.5 Å². The number of likely N-dealkylation sites (tertiary alicyclic amines) is 1. The van der Waals surface area contributed by atoms with Crippen LogP contribution in [0.3, 0.4) is 0 Å². The van der Waals surface area contributed by atoms with Gasteiger partial charge in [-0.15, -0.1) is 0 Å². The Morgan fingerprint density at radius 1 is 1.45 bits per heavy atom. The van der Waals surface area contributed by atoms with E-state index in [9.17, 15) is 4.79 Å². The fourth-order valence-corrected chi connectivity index (χ4v) is 4.36. The molecule has 1 aromatic rings. The molecule has 2 heterocycles. The van der Waals surface area contributed by atoms with Gasteiger partial charge in [-0.05, 0) is 18.9 Å². The molecule has 2 aliphatic heterocycles. The molecular weight excluding hydrogens is 296 g/mol. The van der Waals surface area contributed by atoms with Crippen molar-refractivity contribution in [3.63, 3.8) is 0 Å². The molecule has 2 saturated heterocycles. The van der Waals surface area contributed by atoms with Gasteiger partial charge in [-0.1, -0.05) is 18.2 Å². The van der Waals surface area contributed by atoms with Gasteiger partial charge in [0, 0.05) is 42.6 Å². The smallest absolute Gasteiger partial charge is 0.224 e. The van der Waals surface area contributed by atoms with Gasteiger partial charge in [0.05, 0.1) is 13.2 Å². The maximum Gasteiger partial charge on any atom is 0.224 e. The molecule has 0 saturated carbocycles. The van der Waals surface area contributed by atoms with Gasteiger partial charge in [0.25, 0.3) is 0 Å². The number of hydrogen-bond donors (Lipinski definition) is 1. The lowest BCUT2D eigenvalue weighted by molar-refractivity contribution is -0.132. The molecular formula is C17H24N2O2S. The molecule has 0 aromatic heterocycles. The predicted molar refractivity (Wildman–Crippen MR) is 90.4 cm³/mol. The lowest BCUT2D eigenvalue weighted by Crippen LogP contribution is -2.42. The molecule has 4 nitrogen and oxygen atoms in total. The number of ether oxygens (including phenoxy) is 1. The van der Waals surface area contributed by atoms with Gasteiger partial charge in [-0.3, -0.25) is 4.79 Å². The maximum absolute atomic E-state index is 12.7. The summed E-state index contributed by atoms with van der Waals surface area (Å²) in [6.45, 7) is 1.87. The zero-order valence-corrected chi connectivity index (χ0v) is 13.9. The highest BCUT2D eigenvalue weighted by Crippen LogP contribution is 2.37. The number of rotatable bonds is 4. The zero-order chi connectivity index (χ0) is 15.4. The minimum atomic E-state index is 0.167. The number of amides is 1. The van der Waals surface area contributed by atoms with Gasteiger partial charge in [0.1, 0.15) is 5.75 Å². The molecule has 22 heavy (non-hydrogen) atoms. The summed E-state index contributed by atoms with van der Waals surface area (Å²) in [5.41, 5.74) is 1.14. The summed E-state index contributed by atoms with van der Waals surface area (Å²) in [7, 11) is 1.70. The lowest BCUT2D eigenvalue weighted by atomic mass is 10.0. The SMILES string of the molecule is COc1ccccc1C1CCCN1C(=O)CC1CSCCN1. The average Bonchev–Trinajstić information content (AvgIpc) is 3.05. The molecule has 0 spiro atoms. The van der Waals surface area contributed by atoms with E-state index in [-0.39, 0.29) is 11.9 Å². The van der Waals surface area contributed by atoms with Gasteiger partial charge in [-0.2, -0.15) is 11.8 Å². The zero-order valence-electron chi connectivity index (χ0n) is 13.1. The number of carbonyl (C=O) groups excluding carboxylic acids is 1. The number of thioether (sulfide) groups is 1. The van der Waals surface area contributed by atoms with Gasteiger partial charge in [0.2, 0.25) is 5.91 Å². The first-order valence-corrected chi connectivity index (χ1v) is 9.18. The van der Waals surface area contributed by atoms with Crippen molar-refractivity contribution >= 4 is 17.7 Å². The minimum absolute atomic E-state index is 0.167. The van der Waals surface area contributed by atoms with Crippen molar-refractivity contribution in [2.45, 2.75) is 31.3 Å². The van der Waals surface area contributed by atoms with E-state index in [2.05, 4.69) is 16.3 Å². The van der Waals surface area contributed by atoms with E-state index in [1.807, 2.05) is 30.0 Å². The van der Waals surface area contributed by atoms with Crippen LogP contribution < -0.4 is 10.1 Å². The van der Waals surface area contributed by atoms with Gasteiger partial charge in [-0.25, -0.2) is 0 Å². The molecule has 0 aliphatic carbocycles. The predicted octanol–water partition coefficient (Wildman–Crippen LogP) is 2.45. The molecule has 1 aromatic carbocycles. The third-order valence-electron chi connectivity index (χ3n) is 4.49. The summed E-state index contributed by atoms with van der Waals surface area (Å²) in [5, 5.41) is 3.46. The molecule has 1 N–H and O–H groups in total. The van der Waals surface area contributed by atoms with Crippen molar-refractivity contribution in [3.05, 3.63) is 29.8 Å². The van der Waals surface area contributed by atoms with Crippen LogP contribution in [0.4, 0.5) is 0 Å². The second kappa shape index (κ2) is 7.38. The molecule has 1 amide bonds. The van der Waals surface area contributed by atoms with E-state index in [1.165, 1.54) is 0 Å². The first kappa shape index (κ1) is 15.7. The summed E-state index contributed by atoms with van der Waals surface area (Å²) < 4.78 is 5.48. The van der Waals surface area contributed by atoms with Gasteiger partial charge >= 0.3 is 0 Å². The Bertz CT molecular complexity index is 517. The third-order valence-corrected chi connectivity index (χ3v) is 5.62. The fourth-order valence-electron chi connectivity index (χ4n) is 3.41. The van der Waals surface area contributed by atoms with Crippen LogP contribution in [0, 0.1) is 0 Å². The standard InChI is InChI=1S/C17H24N2O2S/c1-21-16-7-3-2-5-14(16)15-6-4-9-19(15)17(20)11-13-12-22-10-8-18-13/h2-3,5,7,13,15,18H,4,6,8-12H2,1H3. The normalized spacial score (nSPS) is 25.2. The number of carbonyl (C=O) groups is 1. The summed E-state index contributed by atoms with van der Waals surface area (Å²) >= 11 is 1.94. The summed E-state index contributed by atoms with van der Waals surface area (Å²) in [4.78, 5) is 14.8. The lowest BCUT2D eigenvalue weighted by Gasteiger charge is -2.29. The number of benzene rings is 1. The second-order valence-corrected chi connectivity index (χ2v) is 7.07. The van der Waals surface area contributed by atoms with Crippen molar-refractivity contribution in [2.75, 3.05) is 31.7 Å². The Kier molecular flexibility index (Phi) is 5.26. The van der Waals surface area contributed by atoms with Crippen molar-refractivity contribution in [1.29, 1.82) is 0 Å². The van der Waals surface area contributed by atoms with Crippen LogP contribution in [0.25, 0.3) is 0 Å². The Labute approximate surface area is 136 Å². The summed E-state index contributed by atoms with van der Waals surface area (Å²) in [6.07, 6.45) is 2.71. The van der Waals surface area contributed by atoms with Crippen molar-refractivity contribution in [3.8, 4) is 5.75 Å². The van der Waals surface area contributed by atoms with Crippen molar-refractivity contribution in [1.82, 2.24) is 10.2 Å². The van der Waals surface area contributed by atoms with E-state index < -0.39 is 0 Å². The molecule has 0 radical (unpaired) electrons. The Balaban J connectivity index is 1.70. The Morgan fingerprint density at radius 2 is 2.32 bits per heavy atom. The molecule has 3 rings (SSSR count). The first-order valence-electron chi connectivity index (χ1n) is 8.03. The molecule has 5 heteroatoms. The number of nitrogens with one attached hydrogen (secondary N) is 1. The molecule has 2 atom stereocenters. The van der Waals surface area contributed by atoms with Crippen LogP contribution in [0.5, 0.6) is 5.75 Å². The Morgan fingerprint density at radius 3 is 3.09 bits per heavy atom. The molecule has 0 bridgehead atoms. The average molecular weight is 320 g/mol. The third kappa shape index (κ3) is 3.41. The number of hydrogen-bond acceptors (Lipinski definition) is 4. The van der Waals surface area contributed by atoms with Crippen LogP contribution in [0.1, 0.15) is 30.9 Å². The van der Waals surface area contributed by atoms with E-state index >= 15 is 0 Å². The Hall–Kier alpha value is -1.20. The maximum atomic E-state index is 12.7. The van der Waals surface area contributed by atoms with Crippen molar-refractivity contribution in [2.24, 2.45) is 0 Å². The van der Waals surface area contributed by atoms with Crippen molar-refractivity contribution < 1.29 is 9.53 Å². The van der Waals surface area contributed by atoms with E-state index in [4.69, 9.17) is 4.74 Å². The minimum Gasteiger partial charge on any atom is -0.496 e. The summed E-state index contributed by atoms with van der Waals surface area (Å²) in [6, 6.07) is 8.56. The fraction of sp³-hybridized carbons (Fsp3) is 0.588. The topological polar surface area (TPSA) is 41.6 Å². The quantitative estimate of drug-likeness (QED) is 0.925. The monoisotopic (exact) mass is 320 g/mol. The number of para-hydroxylation sites is 1. The largest absolute Gasteiger partial charge is 0.496 e. The molecule has 2 fully saturated rings. The van der Waals surface area contributed by atoms with Crippen LogP contribution >= 0.6 is 11.8 Å². The van der Waals surface area contributed by atoms with Gasteiger partial charge in [0.15, 0.2) is 0 Å². The summed E-state index contributed by atoms with van der Waals surface area (Å²) in [5.74, 6) is 3.35.